The van der Waals surface area contributed by atoms with Crippen molar-refractivity contribution in [3.63, 3.8) is 0 Å². The molecule has 2 saturated heterocycles. The summed E-state index contributed by atoms with van der Waals surface area (Å²) in [7, 11) is 0. The van der Waals surface area contributed by atoms with Crippen LogP contribution >= 0.6 is 0 Å². The Hall–Kier alpha value is -0.990. The van der Waals surface area contributed by atoms with Crippen LogP contribution in [-0.4, -0.2) is 70.1 Å². The Balaban J connectivity index is 1.13. The molecule has 2 fully saturated rings. The van der Waals surface area contributed by atoms with Crippen molar-refractivity contribution in [2.24, 2.45) is 0 Å². The first-order valence-corrected chi connectivity index (χ1v) is 18.6. The molecule has 44 heavy (non-hydrogen) atoms. The molecule has 7 heteroatoms. The maximum Gasteiger partial charge on any atom is 0.334 e. The van der Waals surface area contributed by atoms with Gasteiger partial charge in [-0.05, 0) is 57.9 Å². The van der Waals surface area contributed by atoms with Gasteiger partial charge < -0.3 is 29.5 Å². The van der Waals surface area contributed by atoms with Gasteiger partial charge in [-0.25, -0.2) is 4.79 Å². The second-order valence-corrected chi connectivity index (χ2v) is 14.0. The van der Waals surface area contributed by atoms with E-state index in [9.17, 15) is 20.1 Å². The largest absolute Gasteiger partial charge is 0.455 e. The number of carbonyl (C=O) groups is 1. The molecule has 0 radical (unpaired) electrons. The predicted molar refractivity (Wildman–Crippen MR) is 175 cm³/mol. The number of ether oxygens (including phenoxy) is 3. The molecule has 0 aliphatic carbocycles. The zero-order chi connectivity index (χ0) is 31.6. The van der Waals surface area contributed by atoms with Crippen LogP contribution in [0.3, 0.4) is 0 Å². The van der Waals surface area contributed by atoms with Crippen LogP contribution in [0.4, 0.5) is 0 Å². The van der Waals surface area contributed by atoms with Gasteiger partial charge in [0.1, 0.15) is 6.10 Å². The van der Waals surface area contributed by atoms with Crippen molar-refractivity contribution in [1.29, 1.82) is 0 Å². The topological polar surface area (TPSA) is 105 Å². The highest BCUT2D eigenvalue weighted by molar-refractivity contribution is 5.90. The van der Waals surface area contributed by atoms with E-state index in [0.717, 1.165) is 77.0 Å². The maximum absolute atomic E-state index is 11.7. The van der Waals surface area contributed by atoms with Gasteiger partial charge >= 0.3 is 5.97 Å². The quantitative estimate of drug-likeness (QED) is 0.0703. The average molecular weight is 623 g/mol. The van der Waals surface area contributed by atoms with Crippen LogP contribution in [0.25, 0.3) is 0 Å². The van der Waals surface area contributed by atoms with Crippen molar-refractivity contribution in [2.75, 3.05) is 0 Å². The summed E-state index contributed by atoms with van der Waals surface area (Å²) >= 11 is 0. The van der Waals surface area contributed by atoms with E-state index in [4.69, 9.17) is 14.2 Å². The molecule has 8 atom stereocenters. The lowest BCUT2D eigenvalue weighted by Gasteiger charge is -2.24. The molecule has 0 amide bonds. The van der Waals surface area contributed by atoms with Crippen molar-refractivity contribution in [1.82, 2.24) is 0 Å². The Kier molecular flexibility index (Phi) is 18.5. The minimum absolute atomic E-state index is 0.0519. The standard InChI is InChI=1S/C37H66O7/c1-3-4-5-6-7-11-14-17-20-31(39)33-22-24-35(43-33)36-25-23-34(44-36)32(40)21-18-15-12-9-8-10-13-16-19-30(38)27-29-26-28(2)42-37(29)41/h26,28,30-36,38-40H,3-25,27H2,1-2H3/t28?,30?,31-,32+,33+,34+,35+,36+/m1/s1. The van der Waals surface area contributed by atoms with Crippen LogP contribution in [0.5, 0.6) is 0 Å². The molecule has 0 aromatic rings. The summed E-state index contributed by atoms with van der Waals surface area (Å²) in [6.07, 6.45) is 26.1. The van der Waals surface area contributed by atoms with E-state index < -0.39 is 12.2 Å². The van der Waals surface area contributed by atoms with Crippen molar-refractivity contribution in [3.05, 3.63) is 11.6 Å². The van der Waals surface area contributed by atoms with Gasteiger partial charge in [-0.3, -0.25) is 0 Å². The number of hydrogen-bond donors (Lipinski definition) is 3. The highest BCUT2D eigenvalue weighted by Gasteiger charge is 2.40. The number of aliphatic hydroxyl groups is 3. The summed E-state index contributed by atoms with van der Waals surface area (Å²) in [5, 5.41) is 31.6. The SMILES string of the molecule is CCCCCCCCCC[C@@H](O)[C@@H]1CC[C@@H]([C@@H]2CC[C@@H]([C@@H](O)CCCCCCCCCCC(O)CC3=CC(C)OC3=O)O2)O1. The molecule has 7 nitrogen and oxygen atoms in total. The number of rotatable bonds is 25. The second kappa shape index (κ2) is 21.7. The maximum atomic E-state index is 11.7. The van der Waals surface area contributed by atoms with E-state index in [-0.39, 0.29) is 42.6 Å². The average Bonchev–Trinajstić information content (AvgIpc) is 3.75. The zero-order valence-corrected chi connectivity index (χ0v) is 28.1. The second-order valence-electron chi connectivity index (χ2n) is 14.0. The van der Waals surface area contributed by atoms with Gasteiger partial charge in [0.2, 0.25) is 0 Å². The molecular weight excluding hydrogens is 556 g/mol. The molecule has 3 aliphatic heterocycles. The predicted octanol–water partition coefficient (Wildman–Crippen LogP) is 7.86. The van der Waals surface area contributed by atoms with Gasteiger partial charge in [-0.2, -0.15) is 0 Å². The summed E-state index contributed by atoms with van der Waals surface area (Å²) in [5.41, 5.74) is 0.617. The third-order valence-corrected chi connectivity index (χ3v) is 10.0. The van der Waals surface area contributed by atoms with Crippen LogP contribution in [0, 0.1) is 0 Å². The molecule has 2 unspecified atom stereocenters. The monoisotopic (exact) mass is 622 g/mol. The van der Waals surface area contributed by atoms with Crippen LogP contribution in [0.1, 0.15) is 168 Å². The Bertz CT molecular complexity index is 801. The molecule has 0 bridgehead atoms. The lowest BCUT2D eigenvalue weighted by molar-refractivity contribution is -0.139. The Morgan fingerprint density at radius 3 is 1.52 bits per heavy atom. The fourth-order valence-corrected chi connectivity index (χ4v) is 7.28. The normalized spacial score (nSPS) is 27.4. The van der Waals surface area contributed by atoms with Crippen LogP contribution in [-0.2, 0) is 19.0 Å². The zero-order valence-electron chi connectivity index (χ0n) is 28.1. The van der Waals surface area contributed by atoms with Gasteiger partial charge in [0, 0.05) is 12.0 Å². The molecule has 3 rings (SSSR count). The Labute approximate surface area is 268 Å². The Morgan fingerprint density at radius 1 is 0.659 bits per heavy atom. The highest BCUT2D eigenvalue weighted by atomic mass is 16.6. The fourth-order valence-electron chi connectivity index (χ4n) is 7.28. The van der Waals surface area contributed by atoms with Gasteiger partial charge in [0.15, 0.2) is 0 Å². The lowest BCUT2D eigenvalue weighted by atomic mass is 10.00. The van der Waals surface area contributed by atoms with Crippen molar-refractivity contribution in [3.8, 4) is 0 Å². The van der Waals surface area contributed by atoms with Crippen LogP contribution < -0.4 is 0 Å². The summed E-state index contributed by atoms with van der Waals surface area (Å²) in [6, 6.07) is 0. The summed E-state index contributed by atoms with van der Waals surface area (Å²) in [5.74, 6) is -0.281. The summed E-state index contributed by atoms with van der Waals surface area (Å²) in [4.78, 5) is 11.7. The Morgan fingerprint density at radius 2 is 1.09 bits per heavy atom. The first-order chi connectivity index (χ1) is 21.4. The molecule has 0 aromatic heterocycles. The molecule has 3 aliphatic rings. The number of aliphatic hydroxyl groups excluding tert-OH is 3. The van der Waals surface area contributed by atoms with Crippen molar-refractivity contribution < 1.29 is 34.3 Å². The van der Waals surface area contributed by atoms with E-state index in [1.807, 2.05) is 13.0 Å². The highest BCUT2D eigenvalue weighted by Crippen LogP contribution is 2.34. The number of unbranched alkanes of at least 4 members (excludes halogenated alkanes) is 14. The third kappa shape index (κ3) is 14.2. The third-order valence-electron chi connectivity index (χ3n) is 10.0. The molecule has 256 valence electrons. The van der Waals surface area contributed by atoms with E-state index >= 15 is 0 Å². The molecule has 0 saturated carbocycles. The van der Waals surface area contributed by atoms with Crippen LogP contribution in [0.15, 0.2) is 11.6 Å². The summed E-state index contributed by atoms with van der Waals surface area (Å²) in [6.45, 7) is 4.09. The van der Waals surface area contributed by atoms with Gasteiger partial charge in [0.05, 0.1) is 42.7 Å². The van der Waals surface area contributed by atoms with E-state index in [1.54, 1.807) is 0 Å². The van der Waals surface area contributed by atoms with Gasteiger partial charge in [0.25, 0.3) is 0 Å². The fraction of sp³-hybridized carbons (Fsp3) is 0.919. The number of cyclic esters (lactones) is 1. The van der Waals surface area contributed by atoms with Crippen molar-refractivity contribution in [2.45, 2.75) is 217 Å². The first-order valence-electron chi connectivity index (χ1n) is 18.6. The van der Waals surface area contributed by atoms with E-state index in [1.165, 1.54) is 70.6 Å². The number of hydrogen-bond acceptors (Lipinski definition) is 7. The first kappa shape index (κ1) is 37.5. The van der Waals surface area contributed by atoms with E-state index in [2.05, 4.69) is 6.92 Å². The number of esters is 1. The molecular formula is C37H66O7. The minimum atomic E-state index is -0.463. The smallest absolute Gasteiger partial charge is 0.334 e. The minimum Gasteiger partial charge on any atom is -0.455 e. The molecule has 3 heterocycles. The van der Waals surface area contributed by atoms with Crippen LogP contribution in [0.2, 0.25) is 0 Å². The number of carbonyl (C=O) groups excluding carboxylic acids is 1. The molecule has 0 aromatic carbocycles. The lowest BCUT2D eigenvalue weighted by Crippen LogP contribution is -2.33. The molecule has 3 N–H and O–H groups in total. The van der Waals surface area contributed by atoms with Gasteiger partial charge in [-0.15, -0.1) is 0 Å². The summed E-state index contributed by atoms with van der Waals surface area (Å²) < 4.78 is 17.7. The van der Waals surface area contributed by atoms with E-state index in [0.29, 0.717) is 12.0 Å². The van der Waals surface area contributed by atoms with Crippen molar-refractivity contribution >= 4 is 5.97 Å². The van der Waals surface area contributed by atoms with Gasteiger partial charge in [-0.1, -0.05) is 110 Å². The molecule has 0 spiro atoms.